The predicted octanol–water partition coefficient (Wildman–Crippen LogP) is 4.16. The van der Waals surface area contributed by atoms with E-state index in [9.17, 15) is 22.8 Å². The van der Waals surface area contributed by atoms with Gasteiger partial charge in [0.2, 0.25) is 6.41 Å². The van der Waals surface area contributed by atoms with Crippen LogP contribution in [0.3, 0.4) is 0 Å². The zero-order valence-corrected chi connectivity index (χ0v) is 18.8. The molecule has 0 aromatic heterocycles. The Bertz CT molecular complexity index is 1110. The second-order valence-corrected chi connectivity index (χ2v) is 8.40. The van der Waals surface area contributed by atoms with Crippen molar-refractivity contribution in [3.63, 3.8) is 0 Å². The molecular weight excluding hydrogens is 449 g/mol. The molecule has 0 saturated carbocycles. The number of nitrogens with one attached hydrogen (secondary N) is 2. The van der Waals surface area contributed by atoms with E-state index in [1.54, 1.807) is 25.2 Å². The molecule has 0 spiro atoms. The highest BCUT2D eigenvalue weighted by molar-refractivity contribution is 5.89. The standard InChI is InChI=1S/C24H25F3N4O3/c1-16-6-17(11-32)7-21(24(25,26)27)20(16)10-31(15-33)19-5-3-4-18(8-19)23(12-34-13-23)9-22(29)30(2)14-28/h3-8,11,14-15,28-29H,9-10,12-13H2,1-2H3. The van der Waals surface area contributed by atoms with Crippen LogP contribution in [0.15, 0.2) is 36.4 Å². The number of anilines is 1. The van der Waals surface area contributed by atoms with Crippen LogP contribution < -0.4 is 4.90 Å². The van der Waals surface area contributed by atoms with Crippen molar-refractivity contribution in [3.8, 4) is 0 Å². The predicted molar refractivity (Wildman–Crippen MR) is 122 cm³/mol. The maximum absolute atomic E-state index is 13.7. The van der Waals surface area contributed by atoms with E-state index in [-0.39, 0.29) is 29.1 Å². The number of rotatable bonds is 9. The number of carbonyl (C=O) groups is 2. The maximum atomic E-state index is 13.7. The normalized spacial score (nSPS) is 14.6. The van der Waals surface area contributed by atoms with E-state index in [0.29, 0.717) is 38.0 Å². The average Bonchev–Trinajstić information content (AvgIpc) is 2.78. The highest BCUT2D eigenvalue weighted by Gasteiger charge is 2.42. The fourth-order valence-electron chi connectivity index (χ4n) is 3.99. The summed E-state index contributed by atoms with van der Waals surface area (Å²) in [7, 11) is 1.60. The van der Waals surface area contributed by atoms with Gasteiger partial charge in [0, 0.05) is 30.1 Å². The number of ether oxygens (including phenoxy) is 1. The molecule has 1 aliphatic rings. The molecule has 0 bridgehead atoms. The molecular formula is C24H25F3N4O3. The zero-order chi connectivity index (χ0) is 25.1. The van der Waals surface area contributed by atoms with Gasteiger partial charge in [-0.1, -0.05) is 12.1 Å². The molecule has 34 heavy (non-hydrogen) atoms. The molecule has 7 nitrogen and oxygen atoms in total. The quantitative estimate of drug-likeness (QED) is 0.324. The van der Waals surface area contributed by atoms with Crippen molar-refractivity contribution in [1.82, 2.24) is 4.90 Å². The topological polar surface area (TPSA) is 97.5 Å². The Labute approximate surface area is 195 Å². The lowest BCUT2D eigenvalue weighted by atomic mass is 9.75. The molecule has 2 N–H and O–H groups in total. The number of nitrogens with zero attached hydrogens (tertiary/aromatic N) is 2. The number of halogens is 3. The van der Waals surface area contributed by atoms with Gasteiger partial charge < -0.3 is 14.5 Å². The Balaban J connectivity index is 1.96. The number of aldehydes is 1. The van der Waals surface area contributed by atoms with Crippen LogP contribution in [-0.4, -0.2) is 50.0 Å². The molecule has 0 aliphatic carbocycles. The van der Waals surface area contributed by atoms with E-state index < -0.39 is 17.2 Å². The van der Waals surface area contributed by atoms with E-state index >= 15 is 0 Å². The Morgan fingerprint density at radius 3 is 2.44 bits per heavy atom. The largest absolute Gasteiger partial charge is 0.416 e. The summed E-state index contributed by atoms with van der Waals surface area (Å²) in [6.45, 7) is 1.83. The minimum Gasteiger partial charge on any atom is -0.379 e. The van der Waals surface area contributed by atoms with Crippen LogP contribution in [0.5, 0.6) is 0 Å². The molecule has 1 amide bonds. The van der Waals surface area contributed by atoms with Gasteiger partial charge in [-0.25, -0.2) is 0 Å². The van der Waals surface area contributed by atoms with Crippen LogP contribution >= 0.6 is 0 Å². The highest BCUT2D eigenvalue weighted by Crippen LogP contribution is 2.39. The van der Waals surface area contributed by atoms with Gasteiger partial charge in [-0.3, -0.25) is 20.4 Å². The van der Waals surface area contributed by atoms with Crippen molar-refractivity contribution in [3.05, 3.63) is 64.2 Å². The number of amides is 1. The van der Waals surface area contributed by atoms with Gasteiger partial charge in [-0.15, -0.1) is 0 Å². The van der Waals surface area contributed by atoms with Crippen molar-refractivity contribution in [2.45, 2.75) is 31.5 Å². The van der Waals surface area contributed by atoms with Gasteiger partial charge in [-0.2, -0.15) is 13.2 Å². The molecule has 180 valence electrons. The number of hydrogen-bond acceptors (Lipinski definition) is 5. The van der Waals surface area contributed by atoms with Crippen molar-refractivity contribution < 1.29 is 27.5 Å². The smallest absolute Gasteiger partial charge is 0.379 e. The lowest BCUT2D eigenvalue weighted by Crippen LogP contribution is -2.49. The first-order chi connectivity index (χ1) is 16.0. The van der Waals surface area contributed by atoms with Gasteiger partial charge in [-0.05, 0) is 47.9 Å². The first-order valence-corrected chi connectivity index (χ1v) is 10.4. The first-order valence-electron chi connectivity index (χ1n) is 10.4. The number of benzene rings is 2. The van der Waals surface area contributed by atoms with E-state index in [1.807, 2.05) is 6.07 Å². The molecule has 1 heterocycles. The van der Waals surface area contributed by atoms with E-state index in [0.717, 1.165) is 18.0 Å². The second-order valence-electron chi connectivity index (χ2n) is 8.40. The summed E-state index contributed by atoms with van der Waals surface area (Å²) in [5.41, 5.74) is -0.217. The van der Waals surface area contributed by atoms with Crippen LogP contribution in [0.25, 0.3) is 0 Å². The van der Waals surface area contributed by atoms with Gasteiger partial charge in [0.25, 0.3) is 0 Å². The van der Waals surface area contributed by atoms with Crippen LogP contribution in [-0.2, 0) is 27.7 Å². The lowest BCUT2D eigenvalue weighted by molar-refractivity contribution is -0.138. The lowest BCUT2D eigenvalue weighted by Gasteiger charge is -2.43. The third kappa shape index (κ3) is 5.01. The minimum absolute atomic E-state index is 0.0857. The summed E-state index contributed by atoms with van der Waals surface area (Å²) in [5, 5.41) is 15.6. The van der Waals surface area contributed by atoms with Crippen LogP contribution in [0.4, 0.5) is 18.9 Å². The average molecular weight is 474 g/mol. The van der Waals surface area contributed by atoms with E-state index in [2.05, 4.69) is 0 Å². The minimum atomic E-state index is -4.69. The zero-order valence-electron chi connectivity index (χ0n) is 18.8. The number of amidine groups is 1. The molecule has 0 unspecified atom stereocenters. The fraction of sp³-hybridized carbons (Fsp3) is 0.333. The Morgan fingerprint density at radius 2 is 1.91 bits per heavy atom. The summed E-state index contributed by atoms with van der Waals surface area (Å²) in [6.07, 6.45) is -2.52. The van der Waals surface area contributed by atoms with E-state index in [1.165, 1.54) is 22.8 Å². The van der Waals surface area contributed by atoms with E-state index in [4.69, 9.17) is 15.6 Å². The molecule has 2 aromatic carbocycles. The third-order valence-electron chi connectivity index (χ3n) is 6.06. The number of aryl methyl sites for hydroxylation is 1. The summed E-state index contributed by atoms with van der Waals surface area (Å²) >= 11 is 0. The molecule has 0 radical (unpaired) electrons. The van der Waals surface area contributed by atoms with Crippen LogP contribution in [0.2, 0.25) is 0 Å². The summed E-state index contributed by atoms with van der Waals surface area (Å²) in [5.74, 6) is 0.219. The van der Waals surface area contributed by atoms with Gasteiger partial charge in [0.1, 0.15) is 12.1 Å². The maximum Gasteiger partial charge on any atom is 0.416 e. The Kier molecular flexibility index (Phi) is 7.21. The molecule has 1 fully saturated rings. The molecule has 10 heteroatoms. The molecule has 1 aliphatic heterocycles. The number of carbonyl (C=O) groups excluding carboxylic acids is 2. The van der Waals surface area contributed by atoms with Gasteiger partial charge >= 0.3 is 6.18 Å². The first kappa shape index (κ1) is 25.1. The Morgan fingerprint density at radius 1 is 1.21 bits per heavy atom. The van der Waals surface area contributed by atoms with Crippen molar-refractivity contribution >= 4 is 30.6 Å². The van der Waals surface area contributed by atoms with Crippen LogP contribution in [0.1, 0.15) is 39.0 Å². The summed E-state index contributed by atoms with van der Waals surface area (Å²) < 4.78 is 46.6. The van der Waals surface area contributed by atoms with Gasteiger partial charge in [0.15, 0.2) is 0 Å². The number of alkyl halides is 3. The summed E-state index contributed by atoms with van der Waals surface area (Å²) in [4.78, 5) is 25.6. The molecule has 2 aromatic rings. The van der Waals surface area contributed by atoms with Gasteiger partial charge in [0.05, 0.1) is 31.7 Å². The number of hydrogen-bond donors (Lipinski definition) is 2. The molecule has 0 atom stereocenters. The Hall–Kier alpha value is -3.53. The third-order valence-corrected chi connectivity index (χ3v) is 6.06. The molecule has 3 rings (SSSR count). The summed E-state index contributed by atoms with van der Waals surface area (Å²) in [6, 6.07) is 9.04. The SMILES string of the molecule is Cc1cc(C=O)cc(C(F)(F)F)c1CN(C=O)c1cccc(C2(CC(=N)N(C)C=N)COC2)c1. The van der Waals surface area contributed by atoms with Crippen LogP contribution in [0, 0.1) is 17.7 Å². The van der Waals surface area contributed by atoms with Crippen molar-refractivity contribution in [2.24, 2.45) is 0 Å². The second kappa shape index (κ2) is 9.76. The fourth-order valence-corrected chi connectivity index (χ4v) is 3.99. The monoisotopic (exact) mass is 474 g/mol. The molecule has 1 saturated heterocycles. The highest BCUT2D eigenvalue weighted by atomic mass is 19.4. The van der Waals surface area contributed by atoms with Crippen molar-refractivity contribution in [1.29, 1.82) is 10.8 Å². The van der Waals surface area contributed by atoms with Crippen molar-refractivity contribution in [2.75, 3.05) is 25.2 Å².